The van der Waals surface area contributed by atoms with Gasteiger partial charge in [-0.3, -0.25) is 0 Å². The number of aryl methyl sites for hydroxylation is 2. The first-order valence-corrected chi connectivity index (χ1v) is 10.0. The summed E-state index contributed by atoms with van der Waals surface area (Å²) in [5, 5.41) is 26.8. The molecule has 0 bridgehead atoms. The molecule has 7 nitrogen and oxygen atoms in total. The van der Waals surface area contributed by atoms with Gasteiger partial charge in [0.2, 0.25) is 0 Å². The Hall–Kier alpha value is -3.18. The van der Waals surface area contributed by atoms with Gasteiger partial charge < -0.3 is 10.0 Å². The minimum atomic E-state index is -0.871. The Labute approximate surface area is 176 Å². The summed E-state index contributed by atoms with van der Waals surface area (Å²) in [6.07, 6.45) is 3.30. The van der Waals surface area contributed by atoms with Gasteiger partial charge in [0.05, 0.1) is 29.2 Å². The molecule has 2 heterocycles. The lowest BCUT2D eigenvalue weighted by molar-refractivity contribution is 0.140. The Balaban J connectivity index is 1.49. The van der Waals surface area contributed by atoms with Crippen molar-refractivity contribution in [2.45, 2.75) is 25.8 Å². The molecule has 1 aliphatic rings. The fourth-order valence-corrected chi connectivity index (χ4v) is 4.14. The van der Waals surface area contributed by atoms with Crippen molar-refractivity contribution in [1.29, 1.82) is 5.26 Å². The molecule has 0 radical (unpaired) electrons. The Morgan fingerprint density at radius 1 is 1.28 bits per heavy atom. The lowest BCUT2D eigenvalue weighted by Crippen LogP contribution is -2.35. The van der Waals surface area contributed by atoms with Crippen LogP contribution in [0, 0.1) is 11.3 Å². The van der Waals surface area contributed by atoms with E-state index in [1.807, 2.05) is 24.4 Å². The molecular weight excluding hydrogens is 434 g/mol. The van der Waals surface area contributed by atoms with Crippen LogP contribution in [0.25, 0.3) is 5.69 Å². The number of rotatable bonds is 4. The third-order valence-corrected chi connectivity index (χ3v) is 5.56. The zero-order valence-corrected chi connectivity index (χ0v) is 17.1. The fourth-order valence-electron chi connectivity index (χ4n) is 3.66. The summed E-state index contributed by atoms with van der Waals surface area (Å²) in [5.41, 5.74) is 5.76. The molecule has 0 saturated carbocycles. The van der Waals surface area contributed by atoms with E-state index in [2.05, 4.69) is 38.4 Å². The van der Waals surface area contributed by atoms with Gasteiger partial charge in [0, 0.05) is 17.6 Å². The highest BCUT2D eigenvalue weighted by Crippen LogP contribution is 2.24. The van der Waals surface area contributed by atoms with Gasteiger partial charge in [0.15, 0.2) is 0 Å². The van der Waals surface area contributed by atoms with Crippen molar-refractivity contribution in [3.05, 3.63) is 75.0 Å². The van der Waals surface area contributed by atoms with E-state index in [0.717, 1.165) is 40.7 Å². The standard InChI is InChI=1S/C21H18BrN5O2/c22-17-8-14(11-23)9-19(10-17)27-13-18(24-25-27)5-4-15-2-1-3-16-12-26(21(28)29)7-6-20(15)16/h1-3,8-10,13H,4-7,12H2,(H,28,29). The Morgan fingerprint density at radius 2 is 2.14 bits per heavy atom. The molecule has 1 N–H and O–H groups in total. The van der Waals surface area contributed by atoms with Gasteiger partial charge in [-0.15, -0.1) is 5.10 Å². The predicted molar refractivity (Wildman–Crippen MR) is 110 cm³/mol. The van der Waals surface area contributed by atoms with Crippen LogP contribution in [-0.4, -0.2) is 37.6 Å². The maximum atomic E-state index is 11.2. The number of nitriles is 1. The highest BCUT2D eigenvalue weighted by Gasteiger charge is 2.21. The number of carbonyl (C=O) groups is 1. The first kappa shape index (κ1) is 19.2. The lowest BCUT2D eigenvalue weighted by atomic mass is 9.92. The van der Waals surface area contributed by atoms with Crippen molar-refractivity contribution in [3.8, 4) is 11.8 Å². The average molecular weight is 452 g/mol. The Morgan fingerprint density at radius 3 is 2.93 bits per heavy atom. The van der Waals surface area contributed by atoms with Gasteiger partial charge in [-0.05, 0) is 54.2 Å². The number of fused-ring (bicyclic) bond motifs is 1. The molecule has 29 heavy (non-hydrogen) atoms. The molecular formula is C21H18BrN5O2. The largest absolute Gasteiger partial charge is 0.465 e. The molecule has 1 aliphatic heterocycles. The van der Waals surface area contributed by atoms with Crippen LogP contribution < -0.4 is 0 Å². The van der Waals surface area contributed by atoms with E-state index in [-0.39, 0.29) is 0 Å². The van der Waals surface area contributed by atoms with E-state index in [1.54, 1.807) is 16.8 Å². The summed E-state index contributed by atoms with van der Waals surface area (Å²) in [4.78, 5) is 12.7. The minimum Gasteiger partial charge on any atom is -0.465 e. The van der Waals surface area contributed by atoms with Crippen molar-refractivity contribution in [2.24, 2.45) is 0 Å². The van der Waals surface area contributed by atoms with Crippen LogP contribution in [0.2, 0.25) is 0 Å². The predicted octanol–water partition coefficient (Wildman–Crippen LogP) is 3.72. The molecule has 0 spiro atoms. The molecule has 4 rings (SSSR count). The number of hydrogen-bond acceptors (Lipinski definition) is 4. The number of halogens is 1. The molecule has 0 unspecified atom stereocenters. The molecule has 0 atom stereocenters. The van der Waals surface area contributed by atoms with Crippen LogP contribution in [0.4, 0.5) is 4.79 Å². The van der Waals surface area contributed by atoms with Gasteiger partial charge in [-0.2, -0.15) is 5.26 Å². The number of amides is 1. The number of nitrogens with zero attached hydrogens (tertiary/aromatic N) is 5. The van der Waals surface area contributed by atoms with E-state index in [4.69, 9.17) is 5.26 Å². The van der Waals surface area contributed by atoms with Crippen molar-refractivity contribution in [1.82, 2.24) is 19.9 Å². The molecule has 146 valence electrons. The van der Waals surface area contributed by atoms with Crippen molar-refractivity contribution < 1.29 is 9.90 Å². The van der Waals surface area contributed by atoms with Gasteiger partial charge in [0.25, 0.3) is 0 Å². The van der Waals surface area contributed by atoms with Crippen LogP contribution in [0.3, 0.4) is 0 Å². The SMILES string of the molecule is N#Cc1cc(Br)cc(-n2cc(CCc3cccc4c3CCN(C(=O)O)C4)nn2)c1. The summed E-state index contributed by atoms with van der Waals surface area (Å²) >= 11 is 3.41. The van der Waals surface area contributed by atoms with Crippen LogP contribution in [-0.2, 0) is 25.8 Å². The second-order valence-electron chi connectivity index (χ2n) is 6.97. The maximum Gasteiger partial charge on any atom is 0.407 e. The summed E-state index contributed by atoms with van der Waals surface area (Å²) in [6.45, 7) is 0.971. The van der Waals surface area contributed by atoms with Crippen molar-refractivity contribution in [2.75, 3.05) is 6.54 Å². The average Bonchev–Trinajstić information content (AvgIpc) is 3.20. The minimum absolute atomic E-state index is 0.443. The first-order valence-electron chi connectivity index (χ1n) is 9.23. The number of aromatic nitrogens is 3. The van der Waals surface area contributed by atoms with E-state index < -0.39 is 6.09 Å². The Kier molecular flexibility index (Phi) is 5.32. The first-order chi connectivity index (χ1) is 14.0. The van der Waals surface area contributed by atoms with Crippen LogP contribution in [0.5, 0.6) is 0 Å². The topological polar surface area (TPSA) is 95.0 Å². The third-order valence-electron chi connectivity index (χ3n) is 5.10. The van der Waals surface area contributed by atoms with Crippen LogP contribution >= 0.6 is 15.9 Å². The van der Waals surface area contributed by atoms with E-state index in [0.29, 0.717) is 18.7 Å². The molecule has 0 aliphatic carbocycles. The van der Waals surface area contributed by atoms with Gasteiger partial charge in [-0.25, -0.2) is 9.48 Å². The monoisotopic (exact) mass is 451 g/mol. The molecule has 8 heteroatoms. The fraction of sp³-hybridized carbons (Fsp3) is 0.238. The Bertz CT molecular complexity index is 1120. The number of benzene rings is 2. The summed E-state index contributed by atoms with van der Waals surface area (Å²) in [6, 6.07) is 13.6. The van der Waals surface area contributed by atoms with E-state index in [1.165, 1.54) is 16.0 Å². The molecule has 1 aromatic heterocycles. The van der Waals surface area contributed by atoms with Gasteiger partial charge in [0.1, 0.15) is 0 Å². The quantitative estimate of drug-likeness (QED) is 0.651. The maximum absolute atomic E-state index is 11.2. The highest BCUT2D eigenvalue weighted by molar-refractivity contribution is 9.10. The van der Waals surface area contributed by atoms with E-state index >= 15 is 0 Å². The second kappa shape index (κ2) is 8.05. The normalized spacial score (nSPS) is 13.0. The molecule has 1 amide bonds. The van der Waals surface area contributed by atoms with Crippen molar-refractivity contribution in [3.63, 3.8) is 0 Å². The van der Waals surface area contributed by atoms with Gasteiger partial charge >= 0.3 is 6.09 Å². The molecule has 2 aromatic carbocycles. The van der Waals surface area contributed by atoms with Crippen LogP contribution in [0.1, 0.15) is 27.9 Å². The molecule has 0 fully saturated rings. The smallest absolute Gasteiger partial charge is 0.407 e. The summed E-state index contributed by atoms with van der Waals surface area (Å²) < 4.78 is 2.49. The van der Waals surface area contributed by atoms with E-state index in [9.17, 15) is 9.90 Å². The zero-order valence-electron chi connectivity index (χ0n) is 15.5. The van der Waals surface area contributed by atoms with Crippen molar-refractivity contribution >= 4 is 22.0 Å². The lowest BCUT2D eigenvalue weighted by Gasteiger charge is -2.28. The second-order valence-corrected chi connectivity index (χ2v) is 7.89. The van der Waals surface area contributed by atoms with Gasteiger partial charge in [-0.1, -0.05) is 39.3 Å². The summed E-state index contributed by atoms with van der Waals surface area (Å²) in [7, 11) is 0. The summed E-state index contributed by atoms with van der Waals surface area (Å²) in [5.74, 6) is 0. The third kappa shape index (κ3) is 4.15. The number of carboxylic acid groups (broad SMARTS) is 1. The molecule has 0 saturated heterocycles. The number of hydrogen-bond donors (Lipinski definition) is 1. The molecule has 3 aromatic rings. The zero-order chi connectivity index (χ0) is 20.4. The highest BCUT2D eigenvalue weighted by atomic mass is 79.9. The van der Waals surface area contributed by atoms with Crippen LogP contribution in [0.15, 0.2) is 47.1 Å².